The number of para-hydroxylation sites is 2. The van der Waals surface area contributed by atoms with Gasteiger partial charge in [-0.25, -0.2) is 0 Å². The van der Waals surface area contributed by atoms with Gasteiger partial charge in [0.2, 0.25) is 0 Å². The molecule has 0 unspecified atom stereocenters. The first-order chi connectivity index (χ1) is 13.5. The molecule has 2 aromatic rings. The Morgan fingerprint density at radius 3 is 2.36 bits per heavy atom. The number of carbonyl (C=O) groups is 3. The van der Waals surface area contributed by atoms with Gasteiger partial charge in [0.1, 0.15) is 5.75 Å². The summed E-state index contributed by atoms with van der Waals surface area (Å²) in [4.78, 5) is 35.9. The predicted molar refractivity (Wildman–Crippen MR) is 104 cm³/mol. The highest BCUT2D eigenvalue weighted by molar-refractivity contribution is 6.05. The summed E-state index contributed by atoms with van der Waals surface area (Å²) in [6, 6.07) is 13.5. The molecule has 1 fully saturated rings. The van der Waals surface area contributed by atoms with Crippen LogP contribution in [-0.4, -0.2) is 31.5 Å². The van der Waals surface area contributed by atoms with Crippen LogP contribution in [0.15, 0.2) is 48.5 Å². The van der Waals surface area contributed by atoms with E-state index in [4.69, 9.17) is 9.47 Å². The quantitative estimate of drug-likeness (QED) is 0.718. The van der Waals surface area contributed by atoms with Crippen molar-refractivity contribution in [3.05, 3.63) is 54.1 Å². The second-order valence-corrected chi connectivity index (χ2v) is 6.71. The van der Waals surface area contributed by atoms with E-state index in [9.17, 15) is 14.4 Å². The van der Waals surface area contributed by atoms with E-state index in [0.717, 1.165) is 6.42 Å². The average molecular weight is 382 g/mol. The molecule has 0 heterocycles. The van der Waals surface area contributed by atoms with E-state index in [1.54, 1.807) is 42.5 Å². The van der Waals surface area contributed by atoms with Crippen LogP contribution in [0.3, 0.4) is 0 Å². The van der Waals surface area contributed by atoms with Crippen molar-refractivity contribution in [3.63, 3.8) is 0 Å². The third kappa shape index (κ3) is 4.88. The molecule has 1 aliphatic rings. The number of rotatable bonds is 7. The van der Waals surface area contributed by atoms with Gasteiger partial charge in [0.05, 0.1) is 18.7 Å². The Balaban J connectivity index is 1.52. The third-order valence-electron chi connectivity index (χ3n) is 4.54. The van der Waals surface area contributed by atoms with Crippen molar-refractivity contribution in [3.8, 4) is 5.75 Å². The summed E-state index contributed by atoms with van der Waals surface area (Å²) in [7, 11) is 1.53. The molecule has 0 bridgehead atoms. The van der Waals surface area contributed by atoms with E-state index in [0.29, 0.717) is 28.6 Å². The first-order valence-electron chi connectivity index (χ1n) is 8.99. The van der Waals surface area contributed by atoms with E-state index in [-0.39, 0.29) is 24.4 Å². The zero-order valence-electron chi connectivity index (χ0n) is 15.7. The zero-order chi connectivity index (χ0) is 20.1. The Morgan fingerprint density at radius 2 is 1.71 bits per heavy atom. The lowest BCUT2D eigenvalue weighted by atomic mass is 10.2. The molecule has 0 radical (unpaired) electrons. The van der Waals surface area contributed by atoms with Crippen LogP contribution in [0.5, 0.6) is 5.75 Å². The maximum atomic E-state index is 12.4. The van der Waals surface area contributed by atoms with Crippen LogP contribution in [0.2, 0.25) is 0 Å². The average Bonchev–Trinajstić information content (AvgIpc) is 3.44. The molecule has 7 heteroatoms. The van der Waals surface area contributed by atoms with E-state index in [1.807, 2.05) is 13.0 Å². The molecule has 2 amide bonds. The van der Waals surface area contributed by atoms with Crippen LogP contribution in [0.25, 0.3) is 0 Å². The molecule has 28 heavy (non-hydrogen) atoms. The van der Waals surface area contributed by atoms with Crippen molar-refractivity contribution in [2.45, 2.75) is 13.3 Å². The lowest BCUT2D eigenvalue weighted by Crippen LogP contribution is -2.21. The van der Waals surface area contributed by atoms with Gasteiger partial charge < -0.3 is 20.1 Å². The van der Waals surface area contributed by atoms with Crippen molar-refractivity contribution < 1.29 is 23.9 Å². The van der Waals surface area contributed by atoms with Crippen LogP contribution in [0, 0.1) is 11.8 Å². The number of methoxy groups -OCH3 is 1. The molecule has 2 N–H and O–H groups in total. The van der Waals surface area contributed by atoms with Crippen LogP contribution >= 0.6 is 0 Å². The molecule has 2 atom stereocenters. The number of hydrogen-bond donors (Lipinski definition) is 2. The monoisotopic (exact) mass is 382 g/mol. The number of ether oxygens (including phenoxy) is 2. The lowest BCUT2D eigenvalue weighted by molar-refractivity contribution is -0.148. The molecule has 7 nitrogen and oxygen atoms in total. The first-order valence-corrected chi connectivity index (χ1v) is 8.99. The molecule has 3 rings (SSSR count). The van der Waals surface area contributed by atoms with Crippen molar-refractivity contribution in [1.29, 1.82) is 0 Å². The summed E-state index contributed by atoms with van der Waals surface area (Å²) in [5, 5.41) is 5.42. The Bertz CT molecular complexity index is 879. The molecule has 146 valence electrons. The molecule has 1 saturated carbocycles. The SMILES string of the molecule is COc1ccccc1NC(=O)c1ccc(NC(=O)COC(=O)[C@H]2C[C@@H]2C)cc1. The number of hydrogen-bond acceptors (Lipinski definition) is 5. The number of amides is 2. The van der Waals surface area contributed by atoms with Crippen LogP contribution in [0.1, 0.15) is 23.7 Å². The molecular weight excluding hydrogens is 360 g/mol. The van der Waals surface area contributed by atoms with Gasteiger partial charge in [-0.15, -0.1) is 0 Å². The maximum absolute atomic E-state index is 12.4. The fourth-order valence-corrected chi connectivity index (χ4v) is 2.74. The number of benzene rings is 2. The zero-order valence-corrected chi connectivity index (χ0v) is 15.7. The van der Waals surface area contributed by atoms with E-state index in [1.165, 1.54) is 7.11 Å². The second kappa shape index (κ2) is 8.56. The highest BCUT2D eigenvalue weighted by atomic mass is 16.5. The second-order valence-electron chi connectivity index (χ2n) is 6.71. The van der Waals surface area contributed by atoms with Crippen molar-refractivity contribution in [2.24, 2.45) is 11.8 Å². The van der Waals surface area contributed by atoms with Gasteiger partial charge in [0.15, 0.2) is 6.61 Å². The normalized spacial score (nSPS) is 17.4. The fraction of sp³-hybridized carbons (Fsp3) is 0.286. The topological polar surface area (TPSA) is 93.7 Å². The Kier molecular flexibility index (Phi) is 5.93. The van der Waals surface area contributed by atoms with Gasteiger partial charge in [0, 0.05) is 11.3 Å². The van der Waals surface area contributed by atoms with Gasteiger partial charge in [-0.3, -0.25) is 14.4 Å². The first kappa shape index (κ1) is 19.4. The summed E-state index contributed by atoms with van der Waals surface area (Å²) >= 11 is 0. The summed E-state index contributed by atoms with van der Waals surface area (Å²) in [6.07, 6.45) is 0.818. The third-order valence-corrected chi connectivity index (χ3v) is 4.54. The highest BCUT2D eigenvalue weighted by Crippen LogP contribution is 2.38. The minimum atomic E-state index is -0.423. The molecule has 1 aliphatic carbocycles. The van der Waals surface area contributed by atoms with Crippen LogP contribution in [-0.2, 0) is 14.3 Å². The number of anilines is 2. The van der Waals surface area contributed by atoms with Gasteiger partial charge >= 0.3 is 5.97 Å². The molecule has 0 spiro atoms. The number of esters is 1. The molecule has 0 aliphatic heterocycles. The molecule has 2 aromatic carbocycles. The highest BCUT2D eigenvalue weighted by Gasteiger charge is 2.40. The molecule has 0 saturated heterocycles. The fourth-order valence-electron chi connectivity index (χ4n) is 2.74. The van der Waals surface area contributed by atoms with Crippen molar-refractivity contribution >= 4 is 29.2 Å². The Hall–Kier alpha value is -3.35. The standard InChI is InChI=1S/C21H22N2O5/c1-13-11-16(13)21(26)28-12-19(24)22-15-9-7-14(8-10-15)20(25)23-17-5-3-4-6-18(17)27-2/h3-10,13,16H,11-12H2,1-2H3,(H,22,24)(H,23,25)/t13-,16-/m0/s1. The van der Waals surface area contributed by atoms with Crippen molar-refractivity contribution in [2.75, 3.05) is 24.4 Å². The molecular formula is C21H22N2O5. The largest absolute Gasteiger partial charge is 0.495 e. The van der Waals surface area contributed by atoms with Gasteiger partial charge in [-0.1, -0.05) is 19.1 Å². The smallest absolute Gasteiger partial charge is 0.309 e. The summed E-state index contributed by atoms with van der Waals surface area (Å²) in [5.74, 6) is -0.220. The van der Waals surface area contributed by atoms with Crippen molar-refractivity contribution in [1.82, 2.24) is 0 Å². The molecule has 0 aromatic heterocycles. The minimum Gasteiger partial charge on any atom is -0.495 e. The van der Waals surface area contributed by atoms with Crippen LogP contribution < -0.4 is 15.4 Å². The van der Waals surface area contributed by atoms with E-state index in [2.05, 4.69) is 10.6 Å². The van der Waals surface area contributed by atoms with Gasteiger partial charge in [0.25, 0.3) is 11.8 Å². The van der Waals surface area contributed by atoms with E-state index < -0.39 is 5.91 Å². The number of carbonyl (C=O) groups excluding carboxylic acids is 3. The number of nitrogens with one attached hydrogen (secondary N) is 2. The minimum absolute atomic E-state index is 0.0752. The summed E-state index contributed by atoms with van der Waals surface area (Å²) in [5.41, 5.74) is 1.51. The maximum Gasteiger partial charge on any atom is 0.309 e. The van der Waals surface area contributed by atoms with E-state index >= 15 is 0 Å². The summed E-state index contributed by atoms with van der Waals surface area (Å²) in [6.45, 7) is 1.65. The Morgan fingerprint density at radius 1 is 1.04 bits per heavy atom. The predicted octanol–water partition coefficient (Wildman–Crippen LogP) is 3.09. The van der Waals surface area contributed by atoms with Gasteiger partial charge in [-0.05, 0) is 48.7 Å². The van der Waals surface area contributed by atoms with Crippen LogP contribution in [0.4, 0.5) is 11.4 Å². The van der Waals surface area contributed by atoms with Gasteiger partial charge in [-0.2, -0.15) is 0 Å². The summed E-state index contributed by atoms with van der Waals surface area (Å²) < 4.78 is 10.2. The Labute approximate surface area is 163 Å². The lowest BCUT2D eigenvalue weighted by Gasteiger charge is -2.10.